The lowest BCUT2D eigenvalue weighted by molar-refractivity contribution is -0.152. The molecule has 1 aliphatic rings. The number of aliphatic carboxylic acids is 1. The van der Waals surface area contributed by atoms with Crippen LogP contribution in [0.4, 0.5) is 0 Å². The van der Waals surface area contributed by atoms with Crippen LogP contribution in [0.1, 0.15) is 13.8 Å². The Balaban J connectivity index is 2.24. The van der Waals surface area contributed by atoms with E-state index in [1.165, 1.54) is 0 Å². The summed E-state index contributed by atoms with van der Waals surface area (Å²) < 4.78 is 5.36. The number of hydrogen-bond acceptors (Lipinski definition) is 3. The van der Waals surface area contributed by atoms with E-state index in [1.807, 2.05) is 0 Å². The monoisotopic (exact) mass is 173 g/mol. The van der Waals surface area contributed by atoms with Crippen LogP contribution in [0, 0.1) is 5.41 Å². The Morgan fingerprint density at radius 3 is 2.58 bits per heavy atom. The summed E-state index contributed by atoms with van der Waals surface area (Å²) in [7, 11) is 0. The maximum absolute atomic E-state index is 10.6. The summed E-state index contributed by atoms with van der Waals surface area (Å²) in [6.45, 7) is 5.31. The number of rotatable bonds is 4. The molecule has 0 aliphatic carbocycles. The zero-order valence-electron chi connectivity index (χ0n) is 7.46. The summed E-state index contributed by atoms with van der Waals surface area (Å²) in [5, 5.41) is 11.8. The first kappa shape index (κ1) is 9.48. The van der Waals surface area contributed by atoms with Crippen LogP contribution >= 0.6 is 0 Å². The van der Waals surface area contributed by atoms with Gasteiger partial charge in [-0.25, -0.2) is 0 Å². The number of carboxylic acid groups (broad SMARTS) is 1. The first-order valence-corrected chi connectivity index (χ1v) is 4.08. The largest absolute Gasteiger partial charge is 0.481 e. The molecule has 0 aromatic heterocycles. The van der Waals surface area contributed by atoms with Gasteiger partial charge in [0.1, 0.15) is 0 Å². The van der Waals surface area contributed by atoms with E-state index in [4.69, 9.17) is 9.84 Å². The van der Waals surface area contributed by atoms with Crippen molar-refractivity contribution in [3.8, 4) is 0 Å². The first-order valence-electron chi connectivity index (χ1n) is 4.08. The molecule has 1 saturated heterocycles. The normalized spacial score (nSPS) is 18.8. The Hall–Kier alpha value is -0.610. The minimum absolute atomic E-state index is 0.212. The summed E-state index contributed by atoms with van der Waals surface area (Å²) in [6, 6.07) is 0. The molecule has 0 bridgehead atoms. The van der Waals surface area contributed by atoms with E-state index >= 15 is 0 Å². The van der Waals surface area contributed by atoms with E-state index in [2.05, 4.69) is 5.32 Å². The molecule has 4 nitrogen and oxygen atoms in total. The fourth-order valence-corrected chi connectivity index (χ4v) is 0.768. The van der Waals surface area contributed by atoms with Crippen molar-refractivity contribution in [3.05, 3.63) is 0 Å². The second-order valence-electron chi connectivity index (χ2n) is 3.78. The number of nitrogens with one attached hydrogen (secondary N) is 1. The molecule has 2 N–H and O–H groups in total. The van der Waals surface area contributed by atoms with E-state index in [0.29, 0.717) is 0 Å². The van der Waals surface area contributed by atoms with Gasteiger partial charge >= 0.3 is 5.97 Å². The standard InChI is InChI=1S/C8H15NO3/c1-8(2,7(10)11)5-12-6-3-9-4-6/h6,9H,3-5H2,1-2H3,(H,10,11). The van der Waals surface area contributed by atoms with Crippen molar-refractivity contribution >= 4 is 5.97 Å². The number of carbonyl (C=O) groups is 1. The molecule has 1 fully saturated rings. The van der Waals surface area contributed by atoms with Gasteiger partial charge in [0.2, 0.25) is 0 Å². The van der Waals surface area contributed by atoms with Gasteiger partial charge < -0.3 is 15.2 Å². The molecule has 12 heavy (non-hydrogen) atoms. The van der Waals surface area contributed by atoms with E-state index in [9.17, 15) is 4.79 Å². The Bertz CT molecular complexity index is 175. The molecule has 4 heteroatoms. The Morgan fingerprint density at radius 2 is 2.25 bits per heavy atom. The third-order valence-electron chi connectivity index (χ3n) is 2.00. The van der Waals surface area contributed by atoms with Gasteiger partial charge in [-0.3, -0.25) is 4.79 Å². The van der Waals surface area contributed by atoms with Crippen molar-refractivity contribution in [1.29, 1.82) is 0 Å². The highest BCUT2D eigenvalue weighted by atomic mass is 16.5. The number of carboxylic acids is 1. The van der Waals surface area contributed by atoms with Crippen LogP contribution in [0.5, 0.6) is 0 Å². The van der Waals surface area contributed by atoms with Crippen LogP contribution in [0.25, 0.3) is 0 Å². The van der Waals surface area contributed by atoms with E-state index in [-0.39, 0.29) is 12.7 Å². The smallest absolute Gasteiger partial charge is 0.311 e. The summed E-state index contributed by atoms with van der Waals surface area (Å²) in [4.78, 5) is 10.6. The Morgan fingerprint density at radius 1 is 1.67 bits per heavy atom. The summed E-state index contributed by atoms with van der Waals surface area (Å²) in [5.74, 6) is -0.810. The van der Waals surface area contributed by atoms with Crippen LogP contribution in [0.15, 0.2) is 0 Å². The van der Waals surface area contributed by atoms with Crippen LogP contribution in [-0.4, -0.2) is 36.9 Å². The molecule has 0 aromatic carbocycles. The molecular weight excluding hydrogens is 158 g/mol. The molecule has 0 atom stereocenters. The van der Waals surface area contributed by atoms with Crippen LogP contribution < -0.4 is 5.32 Å². The molecule has 1 heterocycles. The SMILES string of the molecule is CC(C)(COC1CNC1)C(=O)O. The van der Waals surface area contributed by atoms with Gasteiger partial charge in [-0.05, 0) is 13.8 Å². The highest BCUT2D eigenvalue weighted by molar-refractivity contribution is 5.73. The molecule has 0 radical (unpaired) electrons. The second kappa shape index (κ2) is 3.41. The quantitative estimate of drug-likeness (QED) is 0.632. The minimum atomic E-state index is -0.810. The summed E-state index contributed by atoms with van der Waals surface area (Å²) in [5.41, 5.74) is -0.768. The topological polar surface area (TPSA) is 58.6 Å². The molecule has 0 unspecified atom stereocenters. The molecule has 1 aliphatic heterocycles. The predicted molar refractivity (Wildman–Crippen MR) is 44.0 cm³/mol. The first-order chi connectivity index (χ1) is 5.52. The highest BCUT2D eigenvalue weighted by Gasteiger charge is 2.29. The minimum Gasteiger partial charge on any atom is -0.481 e. The predicted octanol–water partition coefficient (Wildman–Crippen LogP) is 0.0856. The van der Waals surface area contributed by atoms with Crippen molar-refractivity contribution in [1.82, 2.24) is 5.32 Å². The maximum atomic E-state index is 10.6. The van der Waals surface area contributed by atoms with Gasteiger partial charge in [-0.1, -0.05) is 0 Å². The van der Waals surface area contributed by atoms with E-state index in [1.54, 1.807) is 13.8 Å². The van der Waals surface area contributed by atoms with Gasteiger partial charge in [-0.15, -0.1) is 0 Å². The molecule has 0 saturated carbocycles. The average Bonchev–Trinajstić information content (AvgIpc) is 1.83. The van der Waals surface area contributed by atoms with Gasteiger partial charge in [0.15, 0.2) is 0 Å². The van der Waals surface area contributed by atoms with Gasteiger partial charge in [0, 0.05) is 13.1 Å². The van der Waals surface area contributed by atoms with E-state index < -0.39 is 11.4 Å². The summed E-state index contributed by atoms with van der Waals surface area (Å²) in [6.07, 6.45) is 0.212. The Kier molecular flexibility index (Phi) is 2.69. The molecule has 0 spiro atoms. The van der Waals surface area contributed by atoms with Gasteiger partial charge in [0.25, 0.3) is 0 Å². The van der Waals surface area contributed by atoms with Crippen molar-refractivity contribution in [2.24, 2.45) is 5.41 Å². The van der Waals surface area contributed by atoms with E-state index in [0.717, 1.165) is 13.1 Å². The van der Waals surface area contributed by atoms with Crippen LogP contribution in [0.2, 0.25) is 0 Å². The van der Waals surface area contributed by atoms with Gasteiger partial charge in [0.05, 0.1) is 18.1 Å². The zero-order chi connectivity index (χ0) is 9.19. The average molecular weight is 173 g/mol. The lowest BCUT2D eigenvalue weighted by Crippen LogP contribution is -2.50. The molecule has 0 aromatic rings. The molecular formula is C8H15NO3. The maximum Gasteiger partial charge on any atom is 0.311 e. The fourth-order valence-electron chi connectivity index (χ4n) is 0.768. The lowest BCUT2D eigenvalue weighted by Gasteiger charge is -2.30. The number of ether oxygens (including phenoxy) is 1. The molecule has 1 rings (SSSR count). The highest BCUT2D eigenvalue weighted by Crippen LogP contribution is 2.16. The number of hydrogen-bond donors (Lipinski definition) is 2. The van der Waals surface area contributed by atoms with Crippen molar-refractivity contribution in [3.63, 3.8) is 0 Å². The fraction of sp³-hybridized carbons (Fsp3) is 0.875. The third-order valence-corrected chi connectivity index (χ3v) is 2.00. The van der Waals surface area contributed by atoms with Crippen molar-refractivity contribution in [2.75, 3.05) is 19.7 Å². The Labute approximate surface area is 71.9 Å². The third kappa shape index (κ3) is 2.19. The zero-order valence-corrected chi connectivity index (χ0v) is 7.46. The van der Waals surface area contributed by atoms with Crippen LogP contribution in [0.3, 0.4) is 0 Å². The van der Waals surface area contributed by atoms with Crippen LogP contribution in [-0.2, 0) is 9.53 Å². The van der Waals surface area contributed by atoms with Gasteiger partial charge in [-0.2, -0.15) is 0 Å². The second-order valence-corrected chi connectivity index (χ2v) is 3.78. The summed E-state index contributed by atoms with van der Waals surface area (Å²) >= 11 is 0. The molecule has 70 valence electrons. The van der Waals surface area contributed by atoms with Crippen molar-refractivity contribution in [2.45, 2.75) is 20.0 Å². The lowest BCUT2D eigenvalue weighted by atomic mass is 9.95. The molecule has 0 amide bonds. The van der Waals surface area contributed by atoms with Crippen molar-refractivity contribution < 1.29 is 14.6 Å².